The van der Waals surface area contributed by atoms with Crippen LogP contribution in [0.2, 0.25) is 0 Å². The van der Waals surface area contributed by atoms with Gasteiger partial charge in [-0.25, -0.2) is 9.97 Å². The fourth-order valence-electron chi connectivity index (χ4n) is 3.50. The Morgan fingerprint density at radius 3 is 2.80 bits per heavy atom. The average molecular weight is 338 g/mol. The summed E-state index contributed by atoms with van der Waals surface area (Å²) in [5.74, 6) is 1.09. The number of rotatable bonds is 3. The van der Waals surface area contributed by atoms with Gasteiger partial charge >= 0.3 is 0 Å². The number of hydrogen-bond acceptors (Lipinski definition) is 4. The van der Waals surface area contributed by atoms with E-state index in [1.54, 1.807) is 26.1 Å². The largest absolute Gasteiger partial charge is 0.389 e. The van der Waals surface area contributed by atoms with E-state index >= 15 is 0 Å². The molecule has 6 heteroatoms. The number of aromatic nitrogens is 4. The van der Waals surface area contributed by atoms with Gasteiger partial charge in [0.25, 0.3) is 5.56 Å². The maximum atomic E-state index is 12.4. The lowest BCUT2D eigenvalue weighted by Gasteiger charge is -2.18. The number of nitrogens with zero attached hydrogens (tertiary/aromatic N) is 4. The van der Waals surface area contributed by atoms with Crippen LogP contribution in [0.5, 0.6) is 0 Å². The third-order valence-electron chi connectivity index (χ3n) is 4.69. The van der Waals surface area contributed by atoms with Crippen LogP contribution < -0.4 is 5.56 Å². The first kappa shape index (κ1) is 16.0. The van der Waals surface area contributed by atoms with Crippen molar-refractivity contribution in [2.75, 3.05) is 0 Å². The topological polar surface area (TPSA) is 72.9 Å². The van der Waals surface area contributed by atoms with Crippen LogP contribution in [0.15, 0.2) is 35.3 Å². The van der Waals surface area contributed by atoms with Crippen LogP contribution in [-0.4, -0.2) is 29.8 Å². The highest BCUT2D eigenvalue weighted by molar-refractivity contribution is 5.76. The summed E-state index contributed by atoms with van der Waals surface area (Å²) in [4.78, 5) is 21.8. The third kappa shape index (κ3) is 2.87. The Kier molecular flexibility index (Phi) is 3.54. The van der Waals surface area contributed by atoms with Gasteiger partial charge in [-0.05, 0) is 45.4 Å². The summed E-state index contributed by atoms with van der Waals surface area (Å²) in [6.45, 7) is 5.81. The van der Waals surface area contributed by atoms with Crippen molar-refractivity contribution < 1.29 is 5.11 Å². The first-order valence-corrected chi connectivity index (χ1v) is 8.63. The first-order valence-electron chi connectivity index (χ1n) is 8.63. The third-order valence-corrected chi connectivity index (χ3v) is 4.69. The fourth-order valence-corrected chi connectivity index (χ4v) is 3.50. The molecule has 0 radical (unpaired) electrons. The van der Waals surface area contributed by atoms with E-state index in [0.29, 0.717) is 6.04 Å². The molecular formula is C19H22N4O2. The highest BCUT2D eigenvalue weighted by atomic mass is 16.3. The van der Waals surface area contributed by atoms with Crippen molar-refractivity contribution in [2.24, 2.45) is 0 Å². The standard InChI is InChI=1S/C19H22N4O2/c1-12-4-7-16-20-15-6-5-14(21-18(15)23(12)16)13-8-9-22(17(24)10-13)11-19(2,3)25/h5-6,8-10,12,25H,4,7,11H2,1-3H3/t12-/m0/s1. The molecule has 1 N–H and O–H groups in total. The Balaban J connectivity index is 1.76. The highest BCUT2D eigenvalue weighted by Gasteiger charge is 2.23. The van der Waals surface area contributed by atoms with E-state index in [1.807, 2.05) is 18.2 Å². The molecule has 0 fully saturated rings. The zero-order valence-electron chi connectivity index (χ0n) is 14.7. The summed E-state index contributed by atoms with van der Waals surface area (Å²) in [5, 5.41) is 9.91. The quantitative estimate of drug-likeness (QED) is 0.796. The van der Waals surface area contributed by atoms with Gasteiger partial charge in [-0.1, -0.05) is 0 Å². The lowest BCUT2D eigenvalue weighted by molar-refractivity contribution is 0.0604. The maximum Gasteiger partial charge on any atom is 0.251 e. The average Bonchev–Trinajstić information content (AvgIpc) is 3.07. The van der Waals surface area contributed by atoms with Crippen LogP contribution in [0.1, 0.15) is 39.1 Å². The molecule has 0 saturated carbocycles. The predicted molar refractivity (Wildman–Crippen MR) is 96.6 cm³/mol. The summed E-state index contributed by atoms with van der Waals surface area (Å²) in [7, 11) is 0. The summed E-state index contributed by atoms with van der Waals surface area (Å²) >= 11 is 0. The van der Waals surface area contributed by atoms with E-state index in [9.17, 15) is 9.90 Å². The normalized spacial score (nSPS) is 17.2. The molecular weight excluding hydrogens is 316 g/mol. The van der Waals surface area contributed by atoms with Crippen molar-refractivity contribution in [1.29, 1.82) is 0 Å². The van der Waals surface area contributed by atoms with Crippen molar-refractivity contribution in [1.82, 2.24) is 19.1 Å². The molecule has 0 aliphatic carbocycles. The monoisotopic (exact) mass is 338 g/mol. The van der Waals surface area contributed by atoms with Gasteiger partial charge in [0.2, 0.25) is 0 Å². The first-order chi connectivity index (χ1) is 11.8. The van der Waals surface area contributed by atoms with Crippen molar-refractivity contribution in [2.45, 2.75) is 51.8 Å². The van der Waals surface area contributed by atoms with Gasteiger partial charge in [0, 0.05) is 30.3 Å². The van der Waals surface area contributed by atoms with Gasteiger partial charge in [0.15, 0.2) is 5.65 Å². The van der Waals surface area contributed by atoms with E-state index in [4.69, 9.17) is 4.98 Å². The zero-order valence-corrected chi connectivity index (χ0v) is 14.7. The molecule has 0 saturated heterocycles. The Morgan fingerprint density at radius 2 is 2.08 bits per heavy atom. The number of aliphatic hydroxyl groups is 1. The van der Waals surface area contributed by atoms with Crippen LogP contribution in [0.3, 0.4) is 0 Å². The van der Waals surface area contributed by atoms with E-state index in [-0.39, 0.29) is 12.1 Å². The number of aryl methyl sites for hydroxylation is 1. The number of hydrogen-bond donors (Lipinski definition) is 1. The molecule has 1 aliphatic rings. The molecule has 3 aromatic rings. The molecule has 4 heterocycles. The van der Waals surface area contributed by atoms with E-state index in [1.165, 1.54) is 4.57 Å². The van der Waals surface area contributed by atoms with Gasteiger partial charge in [-0.2, -0.15) is 0 Å². The molecule has 0 amide bonds. The number of imidazole rings is 1. The minimum absolute atomic E-state index is 0.145. The minimum Gasteiger partial charge on any atom is -0.389 e. The SMILES string of the molecule is C[C@H]1CCc2nc3ccc(-c4ccn(CC(C)(C)O)c(=O)c4)nc3n21. The van der Waals surface area contributed by atoms with E-state index < -0.39 is 5.60 Å². The molecule has 0 unspecified atom stereocenters. The molecule has 0 aromatic carbocycles. The Hall–Kier alpha value is -2.47. The van der Waals surface area contributed by atoms with E-state index in [0.717, 1.165) is 41.1 Å². The molecule has 1 atom stereocenters. The van der Waals surface area contributed by atoms with Crippen LogP contribution in [0.4, 0.5) is 0 Å². The molecule has 25 heavy (non-hydrogen) atoms. The molecule has 6 nitrogen and oxygen atoms in total. The van der Waals surface area contributed by atoms with Crippen LogP contribution in [0.25, 0.3) is 22.4 Å². The van der Waals surface area contributed by atoms with Crippen molar-refractivity contribution in [3.63, 3.8) is 0 Å². The smallest absolute Gasteiger partial charge is 0.251 e. The Labute approximate surface area is 145 Å². The van der Waals surface area contributed by atoms with Gasteiger partial charge in [-0.3, -0.25) is 4.79 Å². The molecule has 1 aliphatic heterocycles. The summed E-state index contributed by atoms with van der Waals surface area (Å²) in [5.41, 5.74) is 2.26. The van der Waals surface area contributed by atoms with Crippen molar-refractivity contribution in [3.8, 4) is 11.3 Å². The van der Waals surface area contributed by atoms with Crippen LogP contribution in [0, 0.1) is 0 Å². The molecule has 0 spiro atoms. The minimum atomic E-state index is -0.934. The maximum absolute atomic E-state index is 12.4. The summed E-state index contributed by atoms with van der Waals surface area (Å²) in [6.07, 6.45) is 3.79. The molecule has 0 bridgehead atoms. The highest BCUT2D eigenvalue weighted by Crippen LogP contribution is 2.30. The van der Waals surface area contributed by atoms with Gasteiger partial charge in [-0.15, -0.1) is 0 Å². The second-order valence-corrected chi connectivity index (χ2v) is 7.52. The lowest BCUT2D eigenvalue weighted by atomic mass is 10.1. The summed E-state index contributed by atoms with van der Waals surface area (Å²) < 4.78 is 3.72. The number of pyridine rings is 2. The Bertz CT molecular complexity index is 1010. The molecule has 130 valence electrons. The Morgan fingerprint density at radius 1 is 1.28 bits per heavy atom. The second-order valence-electron chi connectivity index (χ2n) is 7.52. The van der Waals surface area contributed by atoms with Gasteiger partial charge in [0.1, 0.15) is 11.3 Å². The predicted octanol–water partition coefficient (Wildman–Crippen LogP) is 2.54. The zero-order chi connectivity index (χ0) is 17.8. The molecule has 3 aromatic heterocycles. The molecule has 4 rings (SSSR count). The fraction of sp³-hybridized carbons (Fsp3) is 0.421. The van der Waals surface area contributed by atoms with Crippen LogP contribution >= 0.6 is 0 Å². The lowest BCUT2D eigenvalue weighted by Crippen LogP contribution is -2.32. The summed E-state index contributed by atoms with van der Waals surface area (Å²) in [6, 6.07) is 7.72. The van der Waals surface area contributed by atoms with Gasteiger partial charge < -0.3 is 14.2 Å². The number of fused-ring (bicyclic) bond motifs is 3. The van der Waals surface area contributed by atoms with Crippen molar-refractivity contribution >= 4 is 11.2 Å². The van der Waals surface area contributed by atoms with Gasteiger partial charge in [0.05, 0.1) is 17.8 Å². The van der Waals surface area contributed by atoms with Crippen molar-refractivity contribution in [3.05, 3.63) is 46.6 Å². The van der Waals surface area contributed by atoms with E-state index in [2.05, 4.69) is 16.5 Å². The second kappa shape index (κ2) is 5.52. The van der Waals surface area contributed by atoms with Crippen LogP contribution in [-0.2, 0) is 13.0 Å².